The standard InChI is InChI=1S/C21H29NO4Si/c1-22-11-10-20-17-13-6-7-15(24-2)18(17)25-19(20)14(23)8-9-21(20,16(22)12-13)26-27(3,4)5/h6-7,16,19H,8-12H2,1-5H3. The molecule has 27 heavy (non-hydrogen) atoms. The maximum Gasteiger partial charge on any atom is 0.184 e. The van der Waals surface area contributed by atoms with Crippen molar-refractivity contribution in [2.24, 2.45) is 0 Å². The van der Waals surface area contributed by atoms with Gasteiger partial charge in [0.1, 0.15) is 0 Å². The van der Waals surface area contributed by atoms with Crippen molar-refractivity contribution < 1.29 is 18.7 Å². The molecule has 4 aliphatic rings. The van der Waals surface area contributed by atoms with Crippen LogP contribution in [0.1, 0.15) is 30.4 Å². The molecule has 0 amide bonds. The predicted octanol–water partition coefficient (Wildman–Crippen LogP) is 2.91. The molecule has 2 bridgehead atoms. The highest BCUT2D eigenvalue weighted by molar-refractivity contribution is 6.69. The molecule has 0 radical (unpaired) electrons. The monoisotopic (exact) mass is 387 g/mol. The molecule has 2 heterocycles. The van der Waals surface area contributed by atoms with E-state index in [9.17, 15) is 4.79 Å². The Kier molecular flexibility index (Phi) is 3.52. The first kappa shape index (κ1) is 17.7. The summed E-state index contributed by atoms with van der Waals surface area (Å²) in [5.41, 5.74) is 1.78. The van der Waals surface area contributed by atoms with E-state index in [1.165, 1.54) is 11.1 Å². The van der Waals surface area contributed by atoms with E-state index in [2.05, 4.69) is 37.7 Å². The largest absolute Gasteiger partial charge is 0.493 e. The van der Waals surface area contributed by atoms with E-state index in [0.717, 1.165) is 37.3 Å². The smallest absolute Gasteiger partial charge is 0.184 e. The number of hydrogen-bond donors (Lipinski definition) is 0. The Labute approximate surface area is 162 Å². The molecule has 0 aromatic heterocycles. The average molecular weight is 388 g/mol. The van der Waals surface area contributed by atoms with Crippen molar-refractivity contribution in [2.75, 3.05) is 20.7 Å². The molecular weight excluding hydrogens is 358 g/mol. The van der Waals surface area contributed by atoms with Crippen LogP contribution in [-0.4, -0.2) is 57.4 Å². The highest BCUT2D eigenvalue weighted by Crippen LogP contribution is 2.66. The van der Waals surface area contributed by atoms with Crippen molar-refractivity contribution in [1.82, 2.24) is 4.90 Å². The lowest BCUT2D eigenvalue weighted by molar-refractivity contribution is -0.177. The minimum absolute atomic E-state index is 0.221. The van der Waals surface area contributed by atoms with Crippen LogP contribution >= 0.6 is 0 Å². The summed E-state index contributed by atoms with van der Waals surface area (Å²) < 4.78 is 19.2. The molecule has 1 spiro atoms. The lowest BCUT2D eigenvalue weighted by Gasteiger charge is -2.65. The van der Waals surface area contributed by atoms with Crippen molar-refractivity contribution in [2.45, 2.75) is 68.5 Å². The minimum Gasteiger partial charge on any atom is -0.493 e. The molecule has 1 saturated carbocycles. The van der Waals surface area contributed by atoms with Crippen LogP contribution in [0.2, 0.25) is 19.6 Å². The first-order valence-electron chi connectivity index (χ1n) is 10.0. The van der Waals surface area contributed by atoms with Gasteiger partial charge in [0.05, 0.1) is 18.1 Å². The minimum atomic E-state index is -1.86. The van der Waals surface area contributed by atoms with Crippen LogP contribution in [0.3, 0.4) is 0 Å². The number of methoxy groups -OCH3 is 1. The number of likely N-dealkylation sites (N-methyl/N-ethyl adjacent to an activating group) is 1. The number of benzene rings is 1. The Morgan fingerprint density at radius 2 is 2.04 bits per heavy atom. The summed E-state index contributed by atoms with van der Waals surface area (Å²) in [6.07, 6.45) is 2.73. The topological polar surface area (TPSA) is 48.0 Å². The van der Waals surface area contributed by atoms with Crippen LogP contribution in [-0.2, 0) is 21.1 Å². The van der Waals surface area contributed by atoms with Crippen LogP contribution in [0.15, 0.2) is 12.1 Å². The second kappa shape index (κ2) is 5.36. The molecule has 4 atom stereocenters. The SMILES string of the molecule is COc1ccc2c3c1OC1C(=O)CCC4(O[Si](C)(C)C)C(C2)N(C)CCC314. The Morgan fingerprint density at radius 1 is 1.26 bits per heavy atom. The molecule has 146 valence electrons. The lowest BCUT2D eigenvalue weighted by atomic mass is 9.49. The number of nitrogens with zero attached hydrogens (tertiary/aromatic N) is 1. The van der Waals surface area contributed by atoms with Gasteiger partial charge >= 0.3 is 0 Å². The molecule has 4 unspecified atom stereocenters. The third-order valence-corrected chi connectivity index (χ3v) is 8.15. The summed E-state index contributed by atoms with van der Waals surface area (Å²) in [4.78, 5) is 15.5. The van der Waals surface area contributed by atoms with Gasteiger partial charge in [-0.3, -0.25) is 4.79 Å². The molecule has 1 saturated heterocycles. The van der Waals surface area contributed by atoms with E-state index in [1.54, 1.807) is 7.11 Å². The zero-order valence-electron chi connectivity index (χ0n) is 16.9. The maximum atomic E-state index is 13.1. The zero-order valence-corrected chi connectivity index (χ0v) is 17.9. The lowest BCUT2D eigenvalue weighted by Crippen LogP contribution is -2.78. The number of ketones is 1. The summed E-state index contributed by atoms with van der Waals surface area (Å²) in [6, 6.07) is 4.45. The molecule has 2 aliphatic heterocycles. The highest BCUT2D eigenvalue weighted by atomic mass is 28.4. The number of rotatable bonds is 3. The number of ether oxygens (including phenoxy) is 2. The number of likely N-dealkylation sites (tertiary alicyclic amines) is 1. The number of Topliss-reactive ketones (excluding diaryl/α,β-unsaturated/α-hetero) is 1. The van der Waals surface area contributed by atoms with Gasteiger partial charge in [-0.05, 0) is 64.1 Å². The molecule has 1 aromatic carbocycles. The molecule has 1 aromatic rings. The van der Waals surface area contributed by atoms with Gasteiger partial charge < -0.3 is 18.8 Å². The maximum absolute atomic E-state index is 13.1. The van der Waals surface area contributed by atoms with Crippen molar-refractivity contribution in [3.05, 3.63) is 23.3 Å². The number of piperidine rings is 1. The van der Waals surface area contributed by atoms with Gasteiger partial charge in [0.2, 0.25) is 0 Å². The van der Waals surface area contributed by atoms with Crippen LogP contribution in [0.4, 0.5) is 0 Å². The average Bonchev–Trinajstić information content (AvgIpc) is 2.95. The van der Waals surface area contributed by atoms with Crippen LogP contribution < -0.4 is 9.47 Å². The van der Waals surface area contributed by atoms with E-state index >= 15 is 0 Å². The molecule has 2 aliphatic carbocycles. The Bertz CT molecular complexity index is 834. The molecule has 5 nitrogen and oxygen atoms in total. The zero-order chi connectivity index (χ0) is 19.2. The molecule has 6 heteroatoms. The van der Waals surface area contributed by atoms with Gasteiger partial charge in [0, 0.05) is 18.0 Å². The second-order valence-electron chi connectivity index (χ2n) is 9.62. The highest BCUT2D eigenvalue weighted by Gasteiger charge is 2.74. The van der Waals surface area contributed by atoms with E-state index in [0.29, 0.717) is 6.42 Å². The predicted molar refractivity (Wildman–Crippen MR) is 105 cm³/mol. The van der Waals surface area contributed by atoms with Gasteiger partial charge in [-0.2, -0.15) is 0 Å². The molecular formula is C21H29NO4Si. The summed E-state index contributed by atoms with van der Waals surface area (Å²) in [5.74, 6) is 1.76. The van der Waals surface area contributed by atoms with Crippen molar-refractivity contribution in [1.29, 1.82) is 0 Å². The van der Waals surface area contributed by atoms with Gasteiger partial charge in [0.15, 0.2) is 31.7 Å². The summed E-state index contributed by atoms with van der Waals surface area (Å²) in [5, 5.41) is 0. The Morgan fingerprint density at radius 3 is 2.74 bits per heavy atom. The number of carbonyl (C=O) groups excluding carboxylic acids is 1. The van der Waals surface area contributed by atoms with Crippen molar-refractivity contribution in [3.8, 4) is 11.5 Å². The Balaban J connectivity index is 1.83. The Hall–Kier alpha value is -1.37. The van der Waals surface area contributed by atoms with E-state index < -0.39 is 14.4 Å². The molecule has 0 N–H and O–H groups in total. The van der Waals surface area contributed by atoms with Crippen LogP contribution in [0.25, 0.3) is 0 Å². The van der Waals surface area contributed by atoms with Gasteiger partial charge in [-0.15, -0.1) is 0 Å². The van der Waals surface area contributed by atoms with E-state index in [-0.39, 0.29) is 22.8 Å². The van der Waals surface area contributed by atoms with Crippen molar-refractivity contribution >= 4 is 14.1 Å². The fourth-order valence-corrected chi connectivity index (χ4v) is 7.92. The second-order valence-corrected chi connectivity index (χ2v) is 14.0. The first-order valence-corrected chi connectivity index (χ1v) is 13.4. The van der Waals surface area contributed by atoms with Crippen molar-refractivity contribution in [3.63, 3.8) is 0 Å². The quantitative estimate of drug-likeness (QED) is 0.747. The normalized spacial score (nSPS) is 37.0. The summed E-state index contributed by atoms with van der Waals surface area (Å²) >= 11 is 0. The fourth-order valence-electron chi connectivity index (χ4n) is 6.41. The third kappa shape index (κ3) is 2.04. The van der Waals surface area contributed by atoms with E-state index in [1.807, 2.05) is 6.07 Å². The van der Waals surface area contributed by atoms with Gasteiger partial charge in [-0.25, -0.2) is 0 Å². The van der Waals surface area contributed by atoms with Gasteiger partial charge in [0.25, 0.3) is 0 Å². The molecule has 5 rings (SSSR count). The number of carbonyl (C=O) groups is 1. The van der Waals surface area contributed by atoms with Gasteiger partial charge in [-0.1, -0.05) is 6.07 Å². The third-order valence-electron chi connectivity index (χ3n) is 7.18. The van der Waals surface area contributed by atoms with Crippen LogP contribution in [0, 0.1) is 0 Å². The van der Waals surface area contributed by atoms with E-state index in [4.69, 9.17) is 13.9 Å². The first-order chi connectivity index (χ1) is 12.7. The molecule has 2 fully saturated rings. The van der Waals surface area contributed by atoms with Crippen LogP contribution in [0.5, 0.6) is 11.5 Å². The fraction of sp³-hybridized carbons (Fsp3) is 0.667. The summed E-state index contributed by atoms with van der Waals surface area (Å²) in [6.45, 7) is 7.75. The summed E-state index contributed by atoms with van der Waals surface area (Å²) in [7, 11) is 2.03. The number of hydrogen-bond acceptors (Lipinski definition) is 5.